The minimum absolute atomic E-state index is 0.0613. The summed E-state index contributed by atoms with van der Waals surface area (Å²) in [6.45, 7) is 4.14. The van der Waals surface area contributed by atoms with Crippen molar-refractivity contribution in [2.24, 2.45) is 0 Å². The molecule has 0 radical (unpaired) electrons. The lowest BCUT2D eigenvalue weighted by molar-refractivity contribution is -0.0868. The molecule has 1 fully saturated rings. The molecule has 6 heteroatoms. The third-order valence-electron chi connectivity index (χ3n) is 3.55. The Hall–Kier alpha value is -1.34. The summed E-state index contributed by atoms with van der Waals surface area (Å²) in [5, 5.41) is 13.4. The minimum atomic E-state index is -0.592. The average Bonchev–Trinajstić information content (AvgIpc) is 2.55. The topological polar surface area (TPSA) is 69.2 Å². The van der Waals surface area contributed by atoms with Crippen molar-refractivity contribution in [3.63, 3.8) is 0 Å². The van der Waals surface area contributed by atoms with Crippen molar-refractivity contribution in [2.45, 2.75) is 12.2 Å². The predicted octanol–water partition coefficient (Wildman–Crippen LogP) is 0.496. The first kappa shape index (κ1) is 14.6. The highest BCUT2D eigenvalue weighted by atomic mass is 16.6. The molecule has 0 bridgehead atoms. The van der Waals surface area contributed by atoms with E-state index in [1.54, 1.807) is 0 Å². The van der Waals surface area contributed by atoms with Gasteiger partial charge in [-0.1, -0.05) is 6.07 Å². The molecule has 0 aliphatic carbocycles. The van der Waals surface area contributed by atoms with Crippen LogP contribution in [0.2, 0.25) is 0 Å². The van der Waals surface area contributed by atoms with E-state index in [1.165, 1.54) is 0 Å². The van der Waals surface area contributed by atoms with E-state index in [1.807, 2.05) is 18.2 Å². The Kier molecular flexibility index (Phi) is 4.92. The molecule has 6 nitrogen and oxygen atoms in total. The zero-order valence-electron chi connectivity index (χ0n) is 11.9. The van der Waals surface area contributed by atoms with Gasteiger partial charge in [-0.25, -0.2) is 0 Å². The molecule has 2 aliphatic rings. The van der Waals surface area contributed by atoms with E-state index < -0.39 is 6.10 Å². The maximum absolute atomic E-state index is 10.2. The summed E-state index contributed by atoms with van der Waals surface area (Å²) in [7, 11) is 0. The van der Waals surface area contributed by atoms with Crippen LogP contribution in [0.1, 0.15) is 11.7 Å². The van der Waals surface area contributed by atoms with Crippen molar-refractivity contribution in [3.8, 4) is 11.5 Å². The van der Waals surface area contributed by atoms with Gasteiger partial charge in [-0.3, -0.25) is 0 Å². The molecule has 2 atom stereocenters. The first-order valence-electron chi connectivity index (χ1n) is 7.30. The van der Waals surface area contributed by atoms with Crippen molar-refractivity contribution in [3.05, 3.63) is 23.8 Å². The van der Waals surface area contributed by atoms with Gasteiger partial charge in [-0.2, -0.15) is 0 Å². The van der Waals surface area contributed by atoms with E-state index in [0.717, 1.165) is 11.3 Å². The Balaban J connectivity index is 1.49. The monoisotopic (exact) mass is 295 g/mol. The molecule has 0 aromatic heterocycles. The van der Waals surface area contributed by atoms with Crippen molar-refractivity contribution in [1.29, 1.82) is 0 Å². The number of ether oxygens (including phenoxy) is 4. The maximum Gasteiger partial charge on any atom is 0.161 e. The van der Waals surface area contributed by atoms with Crippen molar-refractivity contribution >= 4 is 0 Å². The second-order valence-electron chi connectivity index (χ2n) is 5.14. The van der Waals surface area contributed by atoms with Gasteiger partial charge >= 0.3 is 0 Å². The Morgan fingerprint density at radius 1 is 1.14 bits per heavy atom. The maximum atomic E-state index is 10.2. The Morgan fingerprint density at radius 2 is 2.00 bits per heavy atom. The number of nitrogens with one attached hydrogen (secondary N) is 1. The molecule has 1 saturated heterocycles. The van der Waals surface area contributed by atoms with Gasteiger partial charge in [-0.05, 0) is 17.7 Å². The fraction of sp³-hybridized carbons (Fsp3) is 0.600. The van der Waals surface area contributed by atoms with Crippen LogP contribution in [-0.4, -0.2) is 57.3 Å². The summed E-state index contributed by atoms with van der Waals surface area (Å²) in [4.78, 5) is 0. The first-order valence-corrected chi connectivity index (χ1v) is 7.30. The highest BCUT2D eigenvalue weighted by molar-refractivity contribution is 5.44. The molecule has 21 heavy (non-hydrogen) atoms. The normalized spacial score (nSPS) is 22.8. The van der Waals surface area contributed by atoms with E-state index in [-0.39, 0.29) is 6.10 Å². The molecule has 2 N–H and O–H groups in total. The Labute approximate surface area is 124 Å². The summed E-state index contributed by atoms with van der Waals surface area (Å²) in [6.07, 6.45) is -0.531. The summed E-state index contributed by atoms with van der Waals surface area (Å²) in [5.41, 5.74) is 0.813. The van der Waals surface area contributed by atoms with Crippen LogP contribution in [0.4, 0.5) is 0 Å². The molecule has 0 amide bonds. The van der Waals surface area contributed by atoms with Crippen LogP contribution in [0.25, 0.3) is 0 Å². The number of benzene rings is 1. The van der Waals surface area contributed by atoms with Gasteiger partial charge in [0.2, 0.25) is 0 Å². The highest BCUT2D eigenvalue weighted by Gasteiger charge is 2.17. The van der Waals surface area contributed by atoms with Gasteiger partial charge in [0, 0.05) is 13.1 Å². The second kappa shape index (κ2) is 7.09. The molecule has 116 valence electrons. The molecule has 0 saturated carbocycles. The zero-order chi connectivity index (χ0) is 14.5. The first-order chi connectivity index (χ1) is 10.3. The van der Waals surface area contributed by atoms with Crippen molar-refractivity contribution < 1.29 is 24.1 Å². The van der Waals surface area contributed by atoms with E-state index in [2.05, 4.69) is 5.32 Å². The van der Waals surface area contributed by atoms with Crippen LogP contribution in [-0.2, 0) is 9.47 Å². The second-order valence-corrected chi connectivity index (χ2v) is 5.14. The summed E-state index contributed by atoms with van der Waals surface area (Å²) in [5.74, 6) is 1.43. The molecular weight excluding hydrogens is 274 g/mol. The van der Waals surface area contributed by atoms with Gasteiger partial charge in [-0.15, -0.1) is 0 Å². The number of hydrogen-bond donors (Lipinski definition) is 2. The molecule has 3 rings (SSSR count). The van der Waals surface area contributed by atoms with E-state index in [0.29, 0.717) is 51.9 Å². The summed E-state index contributed by atoms with van der Waals surface area (Å²) < 4.78 is 21.8. The molecule has 2 heterocycles. The number of aliphatic hydroxyl groups is 1. The van der Waals surface area contributed by atoms with Gasteiger partial charge < -0.3 is 29.4 Å². The van der Waals surface area contributed by atoms with Crippen LogP contribution in [0, 0.1) is 0 Å². The Morgan fingerprint density at radius 3 is 2.81 bits per heavy atom. The molecule has 1 aromatic rings. The lowest BCUT2D eigenvalue weighted by Crippen LogP contribution is -2.38. The standard InChI is InChI=1S/C15H21NO5/c17-13(9-16-8-12-10-18-3-4-19-12)11-1-2-14-15(7-11)21-6-5-20-14/h1-2,7,12-13,16-17H,3-6,8-10H2. The number of hydrogen-bond acceptors (Lipinski definition) is 6. The molecule has 1 aromatic carbocycles. The quantitative estimate of drug-likeness (QED) is 0.824. The lowest BCUT2D eigenvalue weighted by atomic mass is 10.1. The molecule has 0 spiro atoms. The number of rotatable bonds is 5. The number of fused-ring (bicyclic) bond motifs is 1. The highest BCUT2D eigenvalue weighted by Crippen LogP contribution is 2.32. The van der Waals surface area contributed by atoms with Gasteiger partial charge in [0.1, 0.15) is 13.2 Å². The molecular formula is C15H21NO5. The van der Waals surface area contributed by atoms with Crippen LogP contribution in [0.3, 0.4) is 0 Å². The fourth-order valence-electron chi connectivity index (χ4n) is 2.42. The van der Waals surface area contributed by atoms with Crippen LogP contribution in [0.5, 0.6) is 11.5 Å². The largest absolute Gasteiger partial charge is 0.486 e. The van der Waals surface area contributed by atoms with Gasteiger partial charge in [0.15, 0.2) is 11.5 Å². The van der Waals surface area contributed by atoms with Gasteiger partial charge in [0.25, 0.3) is 0 Å². The minimum Gasteiger partial charge on any atom is -0.486 e. The van der Waals surface area contributed by atoms with Crippen LogP contribution >= 0.6 is 0 Å². The Bertz CT molecular complexity index is 461. The fourth-order valence-corrected chi connectivity index (χ4v) is 2.42. The van der Waals surface area contributed by atoms with E-state index in [4.69, 9.17) is 18.9 Å². The van der Waals surface area contributed by atoms with Crippen molar-refractivity contribution in [2.75, 3.05) is 46.1 Å². The van der Waals surface area contributed by atoms with Crippen LogP contribution < -0.4 is 14.8 Å². The van der Waals surface area contributed by atoms with E-state index in [9.17, 15) is 5.11 Å². The zero-order valence-corrected chi connectivity index (χ0v) is 11.9. The van der Waals surface area contributed by atoms with Gasteiger partial charge in [0.05, 0.1) is 32.0 Å². The third-order valence-corrected chi connectivity index (χ3v) is 3.55. The van der Waals surface area contributed by atoms with Crippen LogP contribution in [0.15, 0.2) is 18.2 Å². The summed E-state index contributed by atoms with van der Waals surface area (Å²) >= 11 is 0. The molecule has 2 unspecified atom stereocenters. The average molecular weight is 295 g/mol. The van der Waals surface area contributed by atoms with E-state index >= 15 is 0 Å². The number of aliphatic hydroxyl groups excluding tert-OH is 1. The predicted molar refractivity (Wildman–Crippen MR) is 75.8 cm³/mol. The van der Waals surface area contributed by atoms with Crippen molar-refractivity contribution in [1.82, 2.24) is 5.32 Å². The lowest BCUT2D eigenvalue weighted by Gasteiger charge is -2.24. The summed E-state index contributed by atoms with van der Waals surface area (Å²) in [6, 6.07) is 5.53. The third kappa shape index (κ3) is 3.85. The SMILES string of the molecule is OC(CNCC1COCCO1)c1ccc2c(c1)OCCO2. The smallest absolute Gasteiger partial charge is 0.161 e. The molecule has 2 aliphatic heterocycles.